The second-order valence-electron chi connectivity index (χ2n) is 4.47. The highest BCUT2D eigenvalue weighted by Crippen LogP contribution is 2.21. The van der Waals surface area contributed by atoms with Gasteiger partial charge in [0.2, 0.25) is 11.8 Å². The van der Waals surface area contributed by atoms with Crippen LogP contribution in [-0.2, 0) is 12.8 Å². The summed E-state index contributed by atoms with van der Waals surface area (Å²) in [5, 5.41) is 11.5. The lowest BCUT2D eigenvalue weighted by molar-refractivity contribution is 0.449. The SMILES string of the molecule is CCCNCCc1nnc(Cc2c(F)cccc2Cl)o1. The van der Waals surface area contributed by atoms with E-state index >= 15 is 0 Å². The monoisotopic (exact) mass is 297 g/mol. The van der Waals surface area contributed by atoms with Crippen LogP contribution < -0.4 is 5.32 Å². The molecule has 108 valence electrons. The van der Waals surface area contributed by atoms with Gasteiger partial charge in [0.05, 0.1) is 6.42 Å². The zero-order valence-corrected chi connectivity index (χ0v) is 12.1. The second-order valence-corrected chi connectivity index (χ2v) is 4.87. The summed E-state index contributed by atoms with van der Waals surface area (Å²) in [6, 6.07) is 4.58. The van der Waals surface area contributed by atoms with Crippen molar-refractivity contribution in [2.45, 2.75) is 26.2 Å². The molecule has 1 aromatic heterocycles. The van der Waals surface area contributed by atoms with E-state index in [1.165, 1.54) is 6.07 Å². The van der Waals surface area contributed by atoms with Gasteiger partial charge in [0.25, 0.3) is 0 Å². The van der Waals surface area contributed by atoms with Crippen molar-refractivity contribution in [3.63, 3.8) is 0 Å². The van der Waals surface area contributed by atoms with Crippen LogP contribution >= 0.6 is 11.6 Å². The third-order valence-corrected chi connectivity index (χ3v) is 3.19. The topological polar surface area (TPSA) is 51.0 Å². The first-order chi connectivity index (χ1) is 9.70. The molecule has 0 atom stereocenters. The molecular weight excluding hydrogens is 281 g/mol. The van der Waals surface area contributed by atoms with Crippen LogP contribution in [0.25, 0.3) is 0 Å². The number of nitrogens with one attached hydrogen (secondary N) is 1. The van der Waals surface area contributed by atoms with E-state index in [2.05, 4.69) is 22.4 Å². The number of halogens is 2. The minimum atomic E-state index is -0.359. The first-order valence-electron chi connectivity index (χ1n) is 6.65. The Labute approximate surface area is 122 Å². The van der Waals surface area contributed by atoms with E-state index in [1.807, 2.05) is 0 Å². The molecule has 2 rings (SSSR count). The maximum absolute atomic E-state index is 13.6. The summed E-state index contributed by atoms with van der Waals surface area (Å²) in [6.07, 6.45) is 1.96. The first kappa shape index (κ1) is 14.9. The molecule has 0 radical (unpaired) electrons. The third-order valence-electron chi connectivity index (χ3n) is 2.84. The Morgan fingerprint density at radius 2 is 2.05 bits per heavy atom. The van der Waals surface area contributed by atoms with Crippen molar-refractivity contribution < 1.29 is 8.81 Å². The van der Waals surface area contributed by atoms with Crippen LogP contribution in [-0.4, -0.2) is 23.3 Å². The van der Waals surface area contributed by atoms with Crippen LogP contribution in [0.3, 0.4) is 0 Å². The van der Waals surface area contributed by atoms with Gasteiger partial charge in [0.15, 0.2) is 0 Å². The minimum absolute atomic E-state index is 0.209. The molecule has 0 saturated carbocycles. The largest absolute Gasteiger partial charge is 0.425 e. The maximum atomic E-state index is 13.6. The van der Waals surface area contributed by atoms with Crippen molar-refractivity contribution in [1.82, 2.24) is 15.5 Å². The molecule has 0 saturated heterocycles. The van der Waals surface area contributed by atoms with E-state index in [9.17, 15) is 4.39 Å². The molecule has 0 unspecified atom stereocenters. The molecule has 6 heteroatoms. The Morgan fingerprint density at radius 3 is 2.80 bits per heavy atom. The van der Waals surface area contributed by atoms with Crippen molar-refractivity contribution in [1.29, 1.82) is 0 Å². The summed E-state index contributed by atoms with van der Waals surface area (Å²) in [7, 11) is 0. The van der Waals surface area contributed by atoms with Gasteiger partial charge in [-0.2, -0.15) is 0 Å². The number of rotatable bonds is 7. The van der Waals surface area contributed by atoms with Crippen molar-refractivity contribution in [3.8, 4) is 0 Å². The Bertz CT molecular complexity index is 539. The smallest absolute Gasteiger partial charge is 0.221 e. The van der Waals surface area contributed by atoms with E-state index in [0.29, 0.717) is 28.8 Å². The fraction of sp³-hybridized carbons (Fsp3) is 0.429. The Hall–Kier alpha value is -1.46. The molecule has 1 heterocycles. The van der Waals surface area contributed by atoms with Crippen LogP contribution in [0.4, 0.5) is 4.39 Å². The molecule has 0 amide bonds. The normalized spacial score (nSPS) is 10.9. The fourth-order valence-corrected chi connectivity index (χ4v) is 2.04. The van der Waals surface area contributed by atoms with Crippen molar-refractivity contribution in [2.75, 3.05) is 13.1 Å². The van der Waals surface area contributed by atoms with Crippen LogP contribution in [0.15, 0.2) is 22.6 Å². The van der Waals surface area contributed by atoms with E-state index in [4.69, 9.17) is 16.0 Å². The molecule has 0 fully saturated rings. The minimum Gasteiger partial charge on any atom is -0.425 e. The summed E-state index contributed by atoms with van der Waals surface area (Å²) >= 11 is 5.96. The van der Waals surface area contributed by atoms with Gasteiger partial charge in [-0.3, -0.25) is 0 Å². The molecule has 0 bridgehead atoms. The highest BCUT2D eigenvalue weighted by molar-refractivity contribution is 6.31. The van der Waals surface area contributed by atoms with E-state index in [-0.39, 0.29) is 12.2 Å². The number of hydrogen-bond donors (Lipinski definition) is 1. The lowest BCUT2D eigenvalue weighted by Gasteiger charge is -2.02. The molecule has 0 aliphatic carbocycles. The standard InChI is InChI=1S/C14H17ClFN3O/c1-2-7-17-8-6-13-18-19-14(20-13)9-10-11(15)4-3-5-12(10)16/h3-5,17H,2,6-9H2,1H3. The third kappa shape index (κ3) is 4.02. The number of aromatic nitrogens is 2. The molecule has 0 spiro atoms. The quantitative estimate of drug-likeness (QED) is 0.798. The average Bonchev–Trinajstić information content (AvgIpc) is 2.87. The number of hydrogen-bond acceptors (Lipinski definition) is 4. The second kappa shape index (κ2) is 7.36. The molecule has 4 nitrogen and oxygen atoms in total. The van der Waals surface area contributed by atoms with Crippen molar-refractivity contribution in [2.24, 2.45) is 0 Å². The van der Waals surface area contributed by atoms with Gasteiger partial charge in [-0.1, -0.05) is 24.6 Å². The van der Waals surface area contributed by atoms with Gasteiger partial charge in [0, 0.05) is 23.6 Å². The van der Waals surface area contributed by atoms with Gasteiger partial charge in [-0.05, 0) is 25.1 Å². The highest BCUT2D eigenvalue weighted by atomic mass is 35.5. The summed E-state index contributed by atoms with van der Waals surface area (Å²) in [5.74, 6) is 0.570. The van der Waals surface area contributed by atoms with E-state index < -0.39 is 0 Å². The van der Waals surface area contributed by atoms with E-state index in [1.54, 1.807) is 12.1 Å². The van der Waals surface area contributed by atoms with E-state index in [0.717, 1.165) is 19.5 Å². The van der Waals surface area contributed by atoms with Crippen LogP contribution in [0.1, 0.15) is 30.7 Å². The first-order valence-corrected chi connectivity index (χ1v) is 7.03. The average molecular weight is 298 g/mol. The zero-order valence-electron chi connectivity index (χ0n) is 11.3. The summed E-state index contributed by atoms with van der Waals surface area (Å²) in [4.78, 5) is 0. The van der Waals surface area contributed by atoms with Crippen LogP contribution in [0.2, 0.25) is 5.02 Å². The molecule has 2 aromatic rings. The Morgan fingerprint density at radius 1 is 1.25 bits per heavy atom. The molecule has 0 aliphatic heterocycles. The Kier molecular flexibility index (Phi) is 5.49. The molecular formula is C14H17ClFN3O. The van der Waals surface area contributed by atoms with Crippen LogP contribution in [0.5, 0.6) is 0 Å². The lowest BCUT2D eigenvalue weighted by Crippen LogP contribution is -2.17. The fourth-order valence-electron chi connectivity index (χ4n) is 1.81. The van der Waals surface area contributed by atoms with Gasteiger partial charge >= 0.3 is 0 Å². The lowest BCUT2D eigenvalue weighted by atomic mass is 10.1. The predicted octanol–water partition coefficient (Wildman–Crippen LogP) is 3.00. The summed E-state index contributed by atoms with van der Waals surface area (Å²) < 4.78 is 19.1. The zero-order chi connectivity index (χ0) is 14.4. The molecule has 1 N–H and O–H groups in total. The maximum Gasteiger partial charge on any atom is 0.221 e. The summed E-state index contributed by atoms with van der Waals surface area (Å²) in [5.41, 5.74) is 0.383. The number of benzene rings is 1. The van der Waals surface area contributed by atoms with Crippen LogP contribution in [0, 0.1) is 5.82 Å². The molecule has 20 heavy (non-hydrogen) atoms. The van der Waals surface area contributed by atoms with Gasteiger partial charge < -0.3 is 9.73 Å². The van der Waals surface area contributed by atoms with Crippen molar-refractivity contribution >= 4 is 11.6 Å². The van der Waals surface area contributed by atoms with Gasteiger partial charge in [-0.15, -0.1) is 10.2 Å². The molecule has 1 aromatic carbocycles. The predicted molar refractivity (Wildman–Crippen MR) is 75.4 cm³/mol. The highest BCUT2D eigenvalue weighted by Gasteiger charge is 2.12. The summed E-state index contributed by atoms with van der Waals surface area (Å²) in [6.45, 7) is 3.86. The van der Waals surface area contributed by atoms with Gasteiger partial charge in [-0.25, -0.2) is 4.39 Å². The number of nitrogens with zero attached hydrogens (tertiary/aromatic N) is 2. The molecule has 0 aliphatic rings. The van der Waals surface area contributed by atoms with Gasteiger partial charge in [0.1, 0.15) is 5.82 Å². The Balaban J connectivity index is 1.96. The van der Waals surface area contributed by atoms with Crippen molar-refractivity contribution in [3.05, 3.63) is 46.4 Å².